The van der Waals surface area contributed by atoms with Crippen molar-refractivity contribution in [3.8, 4) is 0 Å². The van der Waals surface area contributed by atoms with Crippen molar-refractivity contribution < 1.29 is 8.42 Å². The van der Waals surface area contributed by atoms with Gasteiger partial charge in [0.05, 0.1) is 5.75 Å². The molecule has 128 valence electrons. The molecule has 0 aromatic heterocycles. The van der Waals surface area contributed by atoms with Gasteiger partial charge in [-0.05, 0) is 6.42 Å². The van der Waals surface area contributed by atoms with Crippen LogP contribution in [0.3, 0.4) is 0 Å². The molecular formula is C18H38O2S. The summed E-state index contributed by atoms with van der Waals surface area (Å²) < 4.78 is 22.6. The highest BCUT2D eigenvalue weighted by Gasteiger charge is 2.05. The van der Waals surface area contributed by atoms with Gasteiger partial charge in [-0.2, -0.15) is 0 Å². The van der Waals surface area contributed by atoms with Gasteiger partial charge in [-0.1, -0.05) is 97.3 Å². The molecule has 0 saturated carbocycles. The van der Waals surface area contributed by atoms with E-state index in [9.17, 15) is 8.42 Å². The first-order valence-electron chi connectivity index (χ1n) is 9.32. The van der Waals surface area contributed by atoms with E-state index < -0.39 is 9.84 Å². The van der Waals surface area contributed by atoms with Gasteiger partial charge in [-0.15, -0.1) is 0 Å². The van der Waals surface area contributed by atoms with Gasteiger partial charge < -0.3 is 0 Å². The fourth-order valence-corrected chi connectivity index (χ4v) is 3.59. The molecule has 0 aliphatic carbocycles. The monoisotopic (exact) mass is 318 g/mol. The second-order valence-electron chi connectivity index (χ2n) is 6.33. The van der Waals surface area contributed by atoms with E-state index in [-0.39, 0.29) is 0 Å². The summed E-state index contributed by atoms with van der Waals surface area (Å²) >= 11 is 0. The molecule has 0 amide bonds. The predicted octanol–water partition coefficient (Wildman–Crippen LogP) is 5.90. The maximum absolute atomic E-state index is 11.3. The van der Waals surface area contributed by atoms with Gasteiger partial charge in [0.2, 0.25) is 0 Å². The number of hydrogen-bond donors (Lipinski definition) is 0. The van der Waals surface area contributed by atoms with Gasteiger partial charge in [0, 0.05) is 5.75 Å². The molecule has 0 unspecified atom stereocenters. The van der Waals surface area contributed by atoms with Gasteiger partial charge in [-0.3, -0.25) is 0 Å². The van der Waals surface area contributed by atoms with Crippen LogP contribution in [0.1, 0.15) is 104 Å². The molecule has 0 aromatic carbocycles. The third-order valence-corrected chi connectivity index (χ3v) is 6.04. The van der Waals surface area contributed by atoms with Crippen molar-refractivity contribution in [3.05, 3.63) is 0 Å². The Hall–Kier alpha value is -0.0500. The molecule has 0 radical (unpaired) electrons. The quantitative estimate of drug-likeness (QED) is 0.332. The second-order valence-corrected chi connectivity index (χ2v) is 8.81. The second kappa shape index (κ2) is 14.9. The summed E-state index contributed by atoms with van der Waals surface area (Å²) in [7, 11) is -2.74. The minimum absolute atomic E-state index is 0.297. The van der Waals surface area contributed by atoms with Crippen LogP contribution in [0.25, 0.3) is 0 Å². The molecule has 21 heavy (non-hydrogen) atoms. The molecule has 0 spiro atoms. The number of sulfone groups is 1. The fraction of sp³-hybridized carbons (Fsp3) is 1.00. The van der Waals surface area contributed by atoms with Crippen LogP contribution in [0.4, 0.5) is 0 Å². The predicted molar refractivity (Wildman–Crippen MR) is 94.6 cm³/mol. The summed E-state index contributed by atoms with van der Waals surface area (Å²) in [6, 6.07) is 0. The Bertz CT molecular complexity index is 296. The van der Waals surface area contributed by atoms with Gasteiger partial charge in [-0.25, -0.2) is 8.42 Å². The molecule has 0 fully saturated rings. The van der Waals surface area contributed by atoms with Gasteiger partial charge >= 0.3 is 0 Å². The Labute approximate surface area is 134 Å². The third kappa shape index (κ3) is 16.2. The van der Waals surface area contributed by atoms with Crippen molar-refractivity contribution in [1.82, 2.24) is 0 Å². The zero-order valence-electron chi connectivity index (χ0n) is 14.5. The van der Waals surface area contributed by atoms with Crippen LogP contribution in [0.2, 0.25) is 0 Å². The average Bonchev–Trinajstić information content (AvgIpc) is 2.47. The van der Waals surface area contributed by atoms with Crippen LogP contribution in [0, 0.1) is 0 Å². The molecule has 0 bridgehead atoms. The molecule has 0 rings (SSSR count). The summed E-state index contributed by atoms with van der Waals surface area (Å²) in [4.78, 5) is 0. The molecule has 3 heteroatoms. The standard InChI is InChI=1S/C18H38O2S/c1-3-5-6-7-8-9-10-11-12-13-14-15-16-17-18-21(19,20)4-2/h3-18H2,1-2H3. The van der Waals surface area contributed by atoms with E-state index in [1.54, 1.807) is 6.92 Å². The van der Waals surface area contributed by atoms with Crippen molar-refractivity contribution in [3.63, 3.8) is 0 Å². The summed E-state index contributed by atoms with van der Waals surface area (Å²) in [5.41, 5.74) is 0. The van der Waals surface area contributed by atoms with E-state index in [1.165, 1.54) is 77.0 Å². The lowest BCUT2D eigenvalue weighted by Crippen LogP contribution is -2.08. The molecule has 0 saturated heterocycles. The van der Waals surface area contributed by atoms with Crippen molar-refractivity contribution in [2.45, 2.75) is 104 Å². The topological polar surface area (TPSA) is 34.1 Å². The van der Waals surface area contributed by atoms with Crippen LogP contribution in [-0.2, 0) is 9.84 Å². The zero-order valence-corrected chi connectivity index (χ0v) is 15.4. The van der Waals surface area contributed by atoms with E-state index in [1.807, 2.05) is 0 Å². The number of unbranched alkanes of at least 4 members (excludes halogenated alkanes) is 13. The lowest BCUT2D eigenvalue weighted by Gasteiger charge is -2.03. The molecular weight excluding hydrogens is 280 g/mol. The van der Waals surface area contributed by atoms with E-state index >= 15 is 0 Å². The van der Waals surface area contributed by atoms with Crippen LogP contribution in [-0.4, -0.2) is 19.9 Å². The summed E-state index contributed by atoms with van der Waals surface area (Å²) in [6.07, 6.45) is 18.3. The number of rotatable bonds is 16. The first-order chi connectivity index (χ1) is 10.1. The van der Waals surface area contributed by atoms with Crippen LogP contribution in [0.15, 0.2) is 0 Å². The first-order valence-corrected chi connectivity index (χ1v) is 11.1. The highest BCUT2D eigenvalue weighted by molar-refractivity contribution is 7.91. The first kappa shape index (κ1) is 20.9. The molecule has 0 aliphatic rings. The van der Waals surface area contributed by atoms with Gasteiger partial charge in [0.1, 0.15) is 9.84 Å². The van der Waals surface area contributed by atoms with E-state index in [4.69, 9.17) is 0 Å². The van der Waals surface area contributed by atoms with Crippen LogP contribution in [0.5, 0.6) is 0 Å². The van der Waals surface area contributed by atoms with E-state index in [0.717, 1.165) is 12.8 Å². The fourth-order valence-electron chi connectivity index (χ4n) is 2.66. The Morgan fingerprint density at radius 2 is 0.857 bits per heavy atom. The molecule has 0 N–H and O–H groups in total. The molecule has 0 heterocycles. The normalized spacial score (nSPS) is 11.9. The van der Waals surface area contributed by atoms with Crippen molar-refractivity contribution in [2.75, 3.05) is 11.5 Å². The maximum atomic E-state index is 11.3. The maximum Gasteiger partial charge on any atom is 0.150 e. The third-order valence-electron chi connectivity index (χ3n) is 4.25. The van der Waals surface area contributed by atoms with Gasteiger partial charge in [0.15, 0.2) is 0 Å². The van der Waals surface area contributed by atoms with E-state index in [0.29, 0.717) is 11.5 Å². The largest absolute Gasteiger partial charge is 0.229 e. The Kier molecular flexibility index (Phi) is 14.8. The minimum atomic E-state index is -2.74. The Morgan fingerprint density at radius 3 is 1.19 bits per heavy atom. The molecule has 0 aromatic rings. The van der Waals surface area contributed by atoms with Crippen molar-refractivity contribution in [2.24, 2.45) is 0 Å². The smallest absolute Gasteiger partial charge is 0.150 e. The molecule has 2 nitrogen and oxygen atoms in total. The Balaban J connectivity index is 3.09. The van der Waals surface area contributed by atoms with Crippen LogP contribution < -0.4 is 0 Å². The summed E-state index contributed by atoms with van der Waals surface area (Å²) in [6.45, 7) is 4.00. The van der Waals surface area contributed by atoms with E-state index in [2.05, 4.69) is 6.92 Å². The SMILES string of the molecule is CCCCCCCCCCCCCCCCS(=O)(=O)CC. The van der Waals surface area contributed by atoms with Gasteiger partial charge in [0.25, 0.3) is 0 Å². The van der Waals surface area contributed by atoms with Crippen LogP contribution >= 0.6 is 0 Å². The summed E-state index contributed by atoms with van der Waals surface area (Å²) in [5.74, 6) is 0.687. The lowest BCUT2D eigenvalue weighted by molar-refractivity contribution is 0.537. The van der Waals surface area contributed by atoms with Crippen molar-refractivity contribution >= 4 is 9.84 Å². The minimum Gasteiger partial charge on any atom is -0.229 e. The Morgan fingerprint density at radius 1 is 0.524 bits per heavy atom. The van der Waals surface area contributed by atoms with Crippen molar-refractivity contribution in [1.29, 1.82) is 0 Å². The zero-order chi connectivity index (χ0) is 15.8. The lowest BCUT2D eigenvalue weighted by atomic mass is 10.0. The molecule has 0 atom stereocenters. The highest BCUT2D eigenvalue weighted by Crippen LogP contribution is 2.13. The molecule has 0 aliphatic heterocycles. The number of hydrogen-bond acceptors (Lipinski definition) is 2. The summed E-state index contributed by atoms with van der Waals surface area (Å²) in [5, 5.41) is 0. The average molecular weight is 319 g/mol. The highest BCUT2D eigenvalue weighted by atomic mass is 32.2.